The van der Waals surface area contributed by atoms with Gasteiger partial charge >= 0.3 is 6.09 Å². The number of hydrogen-bond donors (Lipinski definition) is 2. The molecule has 8 heteroatoms. The number of likely N-dealkylation sites (N-methyl/N-ethyl adjacent to an activating group) is 1. The zero-order chi connectivity index (χ0) is 22.6. The number of carbonyl (C=O) groups excluding carboxylic acids is 1. The van der Waals surface area contributed by atoms with Crippen LogP contribution in [0.15, 0.2) is 17.8 Å². The molecule has 0 radical (unpaired) electrons. The number of ether oxygens (including phenoxy) is 2. The Morgan fingerprint density at radius 2 is 1.94 bits per heavy atom. The summed E-state index contributed by atoms with van der Waals surface area (Å²) in [6.07, 6.45) is 6.54. The second-order valence-corrected chi connectivity index (χ2v) is 9.42. The summed E-state index contributed by atoms with van der Waals surface area (Å²) in [4.78, 5) is 18.7. The summed E-state index contributed by atoms with van der Waals surface area (Å²) in [6.45, 7) is 7.63. The first-order valence-electron chi connectivity index (χ1n) is 11.3. The fourth-order valence-corrected chi connectivity index (χ4v) is 4.22. The first-order valence-corrected chi connectivity index (χ1v) is 11.3. The Bertz CT molecular complexity index is 807. The minimum atomic E-state index is -0.357. The molecule has 0 bridgehead atoms. The molecule has 0 spiro atoms. The number of carbonyl (C=O) groups is 1. The summed E-state index contributed by atoms with van der Waals surface area (Å²) >= 11 is 0. The van der Waals surface area contributed by atoms with Crippen molar-refractivity contribution >= 4 is 11.8 Å². The predicted molar refractivity (Wildman–Crippen MR) is 121 cm³/mol. The van der Waals surface area contributed by atoms with E-state index in [9.17, 15) is 4.79 Å². The third-order valence-corrected chi connectivity index (χ3v) is 5.95. The van der Waals surface area contributed by atoms with Crippen LogP contribution in [0.2, 0.25) is 0 Å². The van der Waals surface area contributed by atoms with Gasteiger partial charge in [0, 0.05) is 25.6 Å². The van der Waals surface area contributed by atoms with Gasteiger partial charge in [-0.25, -0.2) is 15.6 Å². The first-order chi connectivity index (χ1) is 14.7. The van der Waals surface area contributed by atoms with Crippen molar-refractivity contribution in [1.82, 2.24) is 14.9 Å². The second-order valence-electron chi connectivity index (χ2n) is 9.42. The van der Waals surface area contributed by atoms with E-state index in [0.717, 1.165) is 30.7 Å². The maximum absolute atomic E-state index is 12.3. The van der Waals surface area contributed by atoms with Gasteiger partial charge < -0.3 is 25.1 Å². The quantitative estimate of drug-likeness (QED) is 0.504. The van der Waals surface area contributed by atoms with Crippen molar-refractivity contribution < 1.29 is 14.3 Å². The van der Waals surface area contributed by atoms with Gasteiger partial charge in [-0.3, -0.25) is 0 Å². The topological polar surface area (TPSA) is 107 Å². The van der Waals surface area contributed by atoms with Crippen LogP contribution in [-0.4, -0.2) is 53.8 Å². The lowest BCUT2D eigenvalue weighted by Crippen LogP contribution is -2.55. The van der Waals surface area contributed by atoms with Gasteiger partial charge in [0.05, 0.1) is 28.9 Å². The van der Waals surface area contributed by atoms with E-state index in [1.54, 1.807) is 11.9 Å². The Hall–Kier alpha value is -2.48. The molecule has 3 rings (SSSR count). The molecule has 1 saturated carbocycles. The summed E-state index contributed by atoms with van der Waals surface area (Å²) in [6, 6.07) is 3.78. The van der Waals surface area contributed by atoms with Crippen LogP contribution in [0, 0.1) is 5.41 Å². The smallest absolute Gasteiger partial charge is 0.410 e. The SMILES string of the molecule is CCc1nc(/C(N)=C(\COC(=O)N2CC(C)(C)C2)N(C)N)ccc1OC1CCCCC1. The summed E-state index contributed by atoms with van der Waals surface area (Å²) in [5.41, 5.74) is 8.90. The van der Waals surface area contributed by atoms with Crippen LogP contribution in [0.25, 0.3) is 5.70 Å². The third kappa shape index (κ3) is 5.81. The molecule has 0 atom stereocenters. The molecular formula is C23H37N5O3. The molecule has 1 aromatic heterocycles. The number of aromatic nitrogens is 1. The summed E-state index contributed by atoms with van der Waals surface area (Å²) in [5, 5.41) is 1.38. The number of nitrogens with two attached hydrogens (primary N) is 2. The van der Waals surface area contributed by atoms with Crippen molar-refractivity contribution in [1.29, 1.82) is 0 Å². The van der Waals surface area contributed by atoms with Crippen molar-refractivity contribution in [3.63, 3.8) is 0 Å². The van der Waals surface area contributed by atoms with E-state index >= 15 is 0 Å². The van der Waals surface area contributed by atoms with E-state index in [0.29, 0.717) is 30.2 Å². The Kier molecular flexibility index (Phi) is 7.30. The Labute approximate surface area is 185 Å². The summed E-state index contributed by atoms with van der Waals surface area (Å²) in [5.74, 6) is 6.81. The van der Waals surface area contributed by atoms with Gasteiger partial charge in [0.2, 0.25) is 0 Å². The van der Waals surface area contributed by atoms with E-state index in [-0.39, 0.29) is 24.2 Å². The van der Waals surface area contributed by atoms with Gasteiger partial charge in [0.25, 0.3) is 0 Å². The van der Waals surface area contributed by atoms with Crippen LogP contribution >= 0.6 is 0 Å². The molecule has 1 amide bonds. The van der Waals surface area contributed by atoms with Gasteiger partial charge in [0.15, 0.2) is 0 Å². The molecule has 1 aromatic rings. The van der Waals surface area contributed by atoms with Gasteiger partial charge in [-0.15, -0.1) is 0 Å². The molecular weight excluding hydrogens is 394 g/mol. The molecule has 1 aliphatic heterocycles. The van der Waals surface area contributed by atoms with Gasteiger partial charge in [0.1, 0.15) is 12.4 Å². The van der Waals surface area contributed by atoms with E-state index in [1.165, 1.54) is 24.3 Å². The van der Waals surface area contributed by atoms with Crippen LogP contribution in [0.4, 0.5) is 4.79 Å². The van der Waals surface area contributed by atoms with E-state index in [1.807, 2.05) is 19.1 Å². The molecule has 0 aromatic carbocycles. The third-order valence-electron chi connectivity index (χ3n) is 5.95. The molecule has 2 heterocycles. The molecule has 172 valence electrons. The fraction of sp³-hybridized carbons (Fsp3) is 0.652. The molecule has 2 fully saturated rings. The lowest BCUT2D eigenvalue weighted by Gasteiger charge is -2.44. The molecule has 1 saturated heterocycles. The molecule has 31 heavy (non-hydrogen) atoms. The van der Waals surface area contributed by atoms with Crippen LogP contribution < -0.4 is 16.3 Å². The normalized spacial score (nSPS) is 19.3. The number of pyridine rings is 1. The van der Waals surface area contributed by atoms with Crippen LogP contribution in [0.3, 0.4) is 0 Å². The molecule has 1 aliphatic carbocycles. The number of hydrazine groups is 1. The standard InChI is InChI=1S/C23H37N5O3/c1-5-17-20(31-16-9-7-6-8-10-16)12-11-18(26-17)21(24)19(27(4)25)13-30-22(29)28-14-23(2,3)15-28/h11-12,16H,5-10,13-15,24-25H2,1-4H3/b21-19-. The predicted octanol–water partition coefficient (Wildman–Crippen LogP) is 3.27. The van der Waals surface area contributed by atoms with E-state index < -0.39 is 0 Å². The fourth-order valence-electron chi connectivity index (χ4n) is 4.22. The number of hydrogen-bond acceptors (Lipinski definition) is 7. The average molecular weight is 432 g/mol. The van der Waals surface area contributed by atoms with Crippen molar-refractivity contribution in [3.8, 4) is 5.75 Å². The second kappa shape index (κ2) is 9.77. The highest BCUT2D eigenvalue weighted by molar-refractivity contribution is 5.70. The van der Waals surface area contributed by atoms with Crippen LogP contribution in [-0.2, 0) is 11.2 Å². The van der Waals surface area contributed by atoms with Gasteiger partial charge in [-0.05, 0) is 44.2 Å². The maximum atomic E-state index is 12.3. The minimum Gasteiger partial charge on any atom is -0.489 e. The van der Waals surface area contributed by atoms with Crippen LogP contribution in [0.5, 0.6) is 5.75 Å². The average Bonchev–Trinajstić information content (AvgIpc) is 2.72. The summed E-state index contributed by atoms with van der Waals surface area (Å²) in [7, 11) is 1.67. The maximum Gasteiger partial charge on any atom is 0.410 e. The number of amides is 1. The van der Waals surface area contributed by atoms with Crippen LogP contribution in [0.1, 0.15) is 64.3 Å². The molecule has 2 aliphatic rings. The van der Waals surface area contributed by atoms with E-state index in [4.69, 9.17) is 26.0 Å². The Balaban J connectivity index is 1.71. The van der Waals surface area contributed by atoms with Gasteiger partial charge in [-0.2, -0.15) is 0 Å². The van der Waals surface area contributed by atoms with Crippen molar-refractivity contribution in [2.45, 2.75) is 65.4 Å². The first kappa shape index (κ1) is 23.2. The highest BCUT2D eigenvalue weighted by Crippen LogP contribution is 2.30. The zero-order valence-corrected chi connectivity index (χ0v) is 19.3. The monoisotopic (exact) mass is 431 g/mol. The lowest BCUT2D eigenvalue weighted by atomic mass is 9.85. The minimum absolute atomic E-state index is 0.0158. The van der Waals surface area contributed by atoms with Crippen molar-refractivity contribution in [3.05, 3.63) is 29.2 Å². The number of rotatable bonds is 7. The summed E-state index contributed by atoms with van der Waals surface area (Å²) < 4.78 is 11.7. The number of likely N-dealkylation sites (tertiary alicyclic amines) is 1. The van der Waals surface area contributed by atoms with E-state index in [2.05, 4.69) is 13.8 Å². The number of aryl methyl sites for hydroxylation is 1. The highest BCUT2D eigenvalue weighted by Gasteiger charge is 2.38. The largest absolute Gasteiger partial charge is 0.489 e. The molecule has 0 unspecified atom stereocenters. The van der Waals surface area contributed by atoms with Crippen molar-refractivity contribution in [2.24, 2.45) is 17.0 Å². The van der Waals surface area contributed by atoms with Crippen molar-refractivity contribution in [2.75, 3.05) is 26.7 Å². The lowest BCUT2D eigenvalue weighted by molar-refractivity contribution is 0.0185. The molecule has 8 nitrogen and oxygen atoms in total. The Morgan fingerprint density at radius 3 is 2.52 bits per heavy atom. The zero-order valence-electron chi connectivity index (χ0n) is 19.3. The van der Waals surface area contributed by atoms with Gasteiger partial charge in [-0.1, -0.05) is 27.2 Å². The highest BCUT2D eigenvalue weighted by atomic mass is 16.6. The number of nitrogens with zero attached hydrogens (tertiary/aromatic N) is 3. The molecule has 4 N–H and O–H groups in total. The Morgan fingerprint density at radius 1 is 1.26 bits per heavy atom.